The number of halogens is 1. The van der Waals surface area contributed by atoms with Gasteiger partial charge in [0.25, 0.3) is 0 Å². The number of methoxy groups -OCH3 is 1. The Kier molecular flexibility index (Phi) is 6.20. The van der Waals surface area contributed by atoms with E-state index in [-0.39, 0.29) is 17.3 Å². The Morgan fingerprint density at radius 1 is 1.04 bits per heavy atom. The van der Waals surface area contributed by atoms with E-state index < -0.39 is 10.1 Å². The number of rotatable bonds is 6. The third-order valence-electron chi connectivity index (χ3n) is 3.07. The predicted octanol–water partition coefficient (Wildman–Crippen LogP) is 4.15. The number of hydrogen-bond donors (Lipinski definition) is 0. The molecule has 2 aromatic carbocycles. The second-order valence-corrected chi connectivity index (χ2v) is 7.51. The van der Waals surface area contributed by atoms with E-state index in [0.717, 1.165) is 11.1 Å². The Morgan fingerprint density at radius 2 is 1.65 bits per heavy atom. The Morgan fingerprint density at radius 3 is 2.22 bits per heavy atom. The van der Waals surface area contributed by atoms with Crippen LogP contribution >= 0.6 is 22.6 Å². The standard InChI is InChI=1S/C17H17IO4S/c1-13-8-10-15(11-9-13)23(19,20)22-16(12-21-2)17(18)14-6-4-3-5-7-14/h3-11H,12H2,1-2H3/b17-16+. The van der Waals surface area contributed by atoms with Gasteiger partial charge in [0.15, 0.2) is 5.76 Å². The Bertz CT molecular complexity index is 781. The smallest absolute Gasteiger partial charge is 0.339 e. The van der Waals surface area contributed by atoms with Crippen molar-refractivity contribution in [1.82, 2.24) is 0 Å². The second-order valence-electron chi connectivity index (χ2n) is 4.89. The van der Waals surface area contributed by atoms with Gasteiger partial charge in [-0.25, -0.2) is 0 Å². The SMILES string of the molecule is COC/C(OS(=O)(=O)c1ccc(C)cc1)=C(\I)c1ccccc1. The molecule has 0 unspecified atom stereocenters. The molecular formula is C17H17IO4S. The van der Waals surface area contributed by atoms with Gasteiger partial charge in [-0.3, -0.25) is 0 Å². The fourth-order valence-electron chi connectivity index (χ4n) is 1.89. The van der Waals surface area contributed by atoms with Crippen molar-refractivity contribution in [1.29, 1.82) is 0 Å². The van der Waals surface area contributed by atoms with Gasteiger partial charge in [0.1, 0.15) is 11.5 Å². The van der Waals surface area contributed by atoms with Crippen LogP contribution in [0.15, 0.2) is 65.3 Å². The maximum atomic E-state index is 12.4. The van der Waals surface area contributed by atoms with Crippen LogP contribution in [-0.4, -0.2) is 22.1 Å². The summed E-state index contributed by atoms with van der Waals surface area (Å²) in [7, 11) is -2.40. The summed E-state index contributed by atoms with van der Waals surface area (Å²) in [6.45, 7) is 1.96. The minimum atomic E-state index is -3.89. The normalized spacial score (nSPS) is 12.7. The molecule has 4 nitrogen and oxygen atoms in total. The van der Waals surface area contributed by atoms with Crippen LogP contribution in [0.1, 0.15) is 11.1 Å². The van der Waals surface area contributed by atoms with Gasteiger partial charge < -0.3 is 8.92 Å². The van der Waals surface area contributed by atoms with E-state index in [9.17, 15) is 8.42 Å². The van der Waals surface area contributed by atoms with Crippen LogP contribution in [0.2, 0.25) is 0 Å². The van der Waals surface area contributed by atoms with Crippen molar-refractivity contribution < 1.29 is 17.3 Å². The van der Waals surface area contributed by atoms with Crippen LogP contribution < -0.4 is 0 Å². The van der Waals surface area contributed by atoms with E-state index in [4.69, 9.17) is 8.92 Å². The lowest BCUT2D eigenvalue weighted by Crippen LogP contribution is -2.10. The number of benzene rings is 2. The Labute approximate surface area is 150 Å². The molecule has 0 aromatic heterocycles. The van der Waals surface area contributed by atoms with E-state index in [1.54, 1.807) is 12.1 Å². The average Bonchev–Trinajstić information content (AvgIpc) is 2.55. The van der Waals surface area contributed by atoms with E-state index in [0.29, 0.717) is 3.58 Å². The van der Waals surface area contributed by atoms with Gasteiger partial charge in [-0.2, -0.15) is 8.42 Å². The second kappa shape index (κ2) is 7.94. The number of aryl methyl sites for hydroxylation is 1. The van der Waals surface area contributed by atoms with Crippen molar-refractivity contribution in [3.63, 3.8) is 0 Å². The molecule has 0 radical (unpaired) electrons. The molecule has 0 saturated carbocycles. The number of ether oxygens (including phenoxy) is 1. The van der Waals surface area contributed by atoms with E-state index in [1.807, 2.05) is 37.3 Å². The fourth-order valence-corrected chi connectivity index (χ4v) is 3.62. The van der Waals surface area contributed by atoms with Gasteiger partial charge in [0.05, 0.1) is 3.58 Å². The van der Waals surface area contributed by atoms with Gasteiger partial charge in [0, 0.05) is 7.11 Å². The molecule has 0 bridgehead atoms. The van der Waals surface area contributed by atoms with E-state index in [1.165, 1.54) is 19.2 Å². The van der Waals surface area contributed by atoms with Crippen LogP contribution in [0.3, 0.4) is 0 Å². The van der Waals surface area contributed by atoms with Crippen molar-refractivity contribution in [2.24, 2.45) is 0 Å². The molecule has 23 heavy (non-hydrogen) atoms. The van der Waals surface area contributed by atoms with Gasteiger partial charge in [-0.1, -0.05) is 48.0 Å². The average molecular weight is 444 g/mol. The molecule has 0 aliphatic heterocycles. The summed E-state index contributed by atoms with van der Waals surface area (Å²) in [6, 6.07) is 16.0. The summed E-state index contributed by atoms with van der Waals surface area (Å²) in [5.74, 6) is 0.264. The van der Waals surface area contributed by atoms with Crippen molar-refractivity contribution in [2.45, 2.75) is 11.8 Å². The van der Waals surface area contributed by atoms with Crippen molar-refractivity contribution in [3.05, 3.63) is 71.5 Å². The summed E-state index contributed by atoms with van der Waals surface area (Å²) in [4.78, 5) is 0.119. The maximum Gasteiger partial charge on any atom is 0.339 e. The first-order chi connectivity index (χ1) is 10.9. The molecule has 0 atom stereocenters. The maximum absolute atomic E-state index is 12.4. The molecule has 0 aliphatic rings. The third-order valence-corrected chi connectivity index (χ3v) is 5.56. The summed E-state index contributed by atoms with van der Waals surface area (Å²) < 4.78 is 36.0. The zero-order chi connectivity index (χ0) is 16.9. The van der Waals surface area contributed by atoms with Crippen LogP contribution in [0, 0.1) is 6.92 Å². The highest BCUT2D eigenvalue weighted by atomic mass is 127. The lowest BCUT2D eigenvalue weighted by molar-refractivity contribution is 0.192. The first-order valence-corrected chi connectivity index (χ1v) is 9.37. The predicted molar refractivity (Wildman–Crippen MR) is 98.7 cm³/mol. The molecular weight excluding hydrogens is 427 g/mol. The summed E-state index contributed by atoms with van der Waals surface area (Å²) in [5.41, 5.74) is 1.86. The summed E-state index contributed by atoms with van der Waals surface area (Å²) in [6.07, 6.45) is 0. The first kappa shape index (κ1) is 18.0. The van der Waals surface area contributed by atoms with Crippen molar-refractivity contribution >= 4 is 36.3 Å². The molecule has 122 valence electrons. The topological polar surface area (TPSA) is 52.6 Å². The van der Waals surface area contributed by atoms with E-state index in [2.05, 4.69) is 22.6 Å². The lowest BCUT2D eigenvalue weighted by atomic mass is 10.2. The highest BCUT2D eigenvalue weighted by molar-refractivity contribution is 14.1. The molecule has 2 aromatic rings. The van der Waals surface area contributed by atoms with Gasteiger partial charge >= 0.3 is 10.1 Å². The summed E-state index contributed by atoms with van der Waals surface area (Å²) in [5, 5.41) is 0. The van der Waals surface area contributed by atoms with E-state index >= 15 is 0 Å². The van der Waals surface area contributed by atoms with Crippen LogP contribution in [0.25, 0.3) is 3.58 Å². The van der Waals surface area contributed by atoms with Gasteiger partial charge in [0.2, 0.25) is 0 Å². The highest BCUT2D eigenvalue weighted by Crippen LogP contribution is 2.29. The van der Waals surface area contributed by atoms with Crippen LogP contribution in [0.5, 0.6) is 0 Å². The monoisotopic (exact) mass is 444 g/mol. The van der Waals surface area contributed by atoms with Crippen molar-refractivity contribution in [2.75, 3.05) is 13.7 Å². The third kappa shape index (κ3) is 4.79. The zero-order valence-corrected chi connectivity index (χ0v) is 15.8. The molecule has 0 heterocycles. The zero-order valence-electron chi connectivity index (χ0n) is 12.8. The molecule has 0 fully saturated rings. The van der Waals surface area contributed by atoms with Gasteiger partial charge in [-0.05, 0) is 47.2 Å². The molecule has 0 saturated heterocycles. The Hall–Kier alpha value is -1.38. The molecule has 0 spiro atoms. The van der Waals surface area contributed by atoms with Crippen molar-refractivity contribution in [3.8, 4) is 0 Å². The quantitative estimate of drug-likeness (QED) is 0.382. The largest absolute Gasteiger partial charge is 0.380 e. The molecule has 0 aliphatic carbocycles. The fraction of sp³-hybridized carbons (Fsp3) is 0.176. The minimum Gasteiger partial charge on any atom is -0.380 e. The summed E-state index contributed by atoms with van der Waals surface area (Å²) >= 11 is 2.07. The highest BCUT2D eigenvalue weighted by Gasteiger charge is 2.20. The molecule has 0 N–H and O–H groups in total. The minimum absolute atomic E-state index is 0.0677. The molecule has 2 rings (SSSR count). The number of hydrogen-bond acceptors (Lipinski definition) is 4. The molecule has 0 amide bonds. The lowest BCUT2D eigenvalue weighted by Gasteiger charge is -2.13. The Balaban J connectivity index is 2.37. The molecule has 6 heteroatoms. The van der Waals surface area contributed by atoms with Crippen LogP contribution in [-0.2, 0) is 19.0 Å². The first-order valence-electron chi connectivity index (χ1n) is 6.88. The van der Waals surface area contributed by atoms with Crippen LogP contribution in [0.4, 0.5) is 0 Å². The van der Waals surface area contributed by atoms with Gasteiger partial charge in [-0.15, -0.1) is 0 Å².